The van der Waals surface area contributed by atoms with Crippen LogP contribution >= 0.6 is 0 Å². The summed E-state index contributed by atoms with van der Waals surface area (Å²) in [5.41, 5.74) is 15.9. The first-order chi connectivity index (χ1) is 28.7. The second-order valence-electron chi connectivity index (χ2n) is 15.5. The molecule has 0 saturated carbocycles. The van der Waals surface area contributed by atoms with Crippen LogP contribution in [0.3, 0.4) is 0 Å². The highest BCUT2D eigenvalue weighted by molar-refractivity contribution is 6.17. The summed E-state index contributed by atoms with van der Waals surface area (Å²) in [5.74, 6) is 1.07. The third-order valence-electron chi connectivity index (χ3n) is 12.1. The third kappa shape index (κ3) is 5.33. The zero-order valence-electron chi connectivity index (χ0n) is 31.7. The van der Waals surface area contributed by atoms with E-state index in [4.69, 9.17) is 8.83 Å². The number of para-hydroxylation sites is 1. The number of furan rings is 2. The lowest BCUT2D eigenvalue weighted by Gasteiger charge is -2.15. The van der Waals surface area contributed by atoms with Gasteiger partial charge in [0, 0.05) is 28.1 Å². The highest BCUT2D eigenvalue weighted by Gasteiger charge is 2.23. The molecular formula is C56H36O2. The molecule has 11 aromatic rings. The minimum absolute atomic E-state index is 0.880. The van der Waals surface area contributed by atoms with E-state index in [0.29, 0.717) is 0 Å². The Bertz CT molecular complexity index is 3430. The predicted molar refractivity (Wildman–Crippen MR) is 243 cm³/mol. The van der Waals surface area contributed by atoms with Crippen molar-refractivity contribution in [1.82, 2.24) is 0 Å². The Morgan fingerprint density at radius 1 is 0.328 bits per heavy atom. The smallest absolute Gasteiger partial charge is 0.136 e. The van der Waals surface area contributed by atoms with Gasteiger partial charge in [-0.15, -0.1) is 0 Å². The van der Waals surface area contributed by atoms with E-state index in [2.05, 4.69) is 188 Å². The minimum Gasteiger partial charge on any atom is -0.460 e. The lowest BCUT2D eigenvalue weighted by molar-refractivity contribution is 0.548. The van der Waals surface area contributed by atoms with Gasteiger partial charge >= 0.3 is 0 Å². The molecule has 2 heterocycles. The molecule has 0 unspecified atom stereocenters. The summed E-state index contributed by atoms with van der Waals surface area (Å²) in [4.78, 5) is 0. The maximum atomic E-state index is 6.80. The van der Waals surface area contributed by atoms with Gasteiger partial charge in [-0.2, -0.15) is 0 Å². The van der Waals surface area contributed by atoms with Crippen LogP contribution in [0.4, 0.5) is 0 Å². The predicted octanol–water partition coefficient (Wildman–Crippen LogP) is 15.8. The number of rotatable bonds is 5. The van der Waals surface area contributed by atoms with Crippen molar-refractivity contribution in [2.45, 2.75) is 12.8 Å². The van der Waals surface area contributed by atoms with Crippen LogP contribution in [0.2, 0.25) is 0 Å². The number of fused-ring (bicyclic) bond motifs is 9. The summed E-state index contributed by atoms with van der Waals surface area (Å²) in [6, 6.07) is 68.0. The largest absolute Gasteiger partial charge is 0.460 e. The van der Waals surface area contributed by atoms with Crippen LogP contribution in [0, 0.1) is 0 Å². The van der Waals surface area contributed by atoms with Crippen LogP contribution in [-0.2, 0) is 6.42 Å². The van der Waals surface area contributed by atoms with Crippen molar-refractivity contribution >= 4 is 66.1 Å². The fourth-order valence-electron chi connectivity index (χ4n) is 9.34. The summed E-state index contributed by atoms with van der Waals surface area (Å²) >= 11 is 0. The Morgan fingerprint density at radius 2 is 0.948 bits per heavy atom. The van der Waals surface area contributed by atoms with E-state index in [1.165, 1.54) is 60.3 Å². The van der Waals surface area contributed by atoms with Gasteiger partial charge in [0.05, 0.1) is 0 Å². The Labute approximate surface area is 335 Å². The van der Waals surface area contributed by atoms with Crippen LogP contribution in [0.1, 0.15) is 23.3 Å². The SMILES string of the molecule is C1=C(c2ccccc2)CCc2oc3cc(-c4cc(-c5ccc6cc(-c7ccccc7)ccc6c5)cc(-c5cccc6oc7ccccc7c56)c4)c4ccccc4c3c21. The zero-order chi connectivity index (χ0) is 38.2. The average molecular weight is 741 g/mol. The number of benzene rings is 9. The molecule has 0 radical (unpaired) electrons. The van der Waals surface area contributed by atoms with Gasteiger partial charge in [-0.25, -0.2) is 0 Å². The second-order valence-corrected chi connectivity index (χ2v) is 15.5. The van der Waals surface area contributed by atoms with E-state index in [1.807, 2.05) is 6.07 Å². The van der Waals surface area contributed by atoms with Gasteiger partial charge in [-0.05, 0) is 138 Å². The molecule has 1 aliphatic carbocycles. The van der Waals surface area contributed by atoms with Gasteiger partial charge in [0.2, 0.25) is 0 Å². The van der Waals surface area contributed by atoms with Gasteiger partial charge in [0.1, 0.15) is 22.5 Å². The first kappa shape index (κ1) is 32.8. The molecule has 0 amide bonds. The van der Waals surface area contributed by atoms with Crippen LogP contribution in [0.5, 0.6) is 0 Å². The molecule has 272 valence electrons. The van der Waals surface area contributed by atoms with Crippen molar-refractivity contribution in [2.75, 3.05) is 0 Å². The molecule has 9 aromatic carbocycles. The van der Waals surface area contributed by atoms with Gasteiger partial charge < -0.3 is 8.83 Å². The first-order valence-electron chi connectivity index (χ1n) is 20.1. The minimum atomic E-state index is 0.880. The number of allylic oxidation sites excluding steroid dienone is 1. The molecule has 0 saturated heterocycles. The van der Waals surface area contributed by atoms with Crippen molar-refractivity contribution in [3.63, 3.8) is 0 Å². The van der Waals surface area contributed by atoms with Gasteiger partial charge in [0.25, 0.3) is 0 Å². The van der Waals surface area contributed by atoms with E-state index in [-0.39, 0.29) is 0 Å². The van der Waals surface area contributed by atoms with E-state index in [0.717, 1.165) is 73.9 Å². The molecule has 0 fully saturated rings. The molecule has 0 aliphatic heterocycles. The summed E-state index contributed by atoms with van der Waals surface area (Å²) in [7, 11) is 0. The molecular weight excluding hydrogens is 705 g/mol. The number of hydrogen-bond acceptors (Lipinski definition) is 2. The Kier molecular flexibility index (Phi) is 7.39. The highest BCUT2D eigenvalue weighted by Crippen LogP contribution is 2.45. The lowest BCUT2D eigenvalue weighted by atomic mass is 9.87. The Morgan fingerprint density at radius 3 is 1.72 bits per heavy atom. The molecule has 2 aromatic heterocycles. The first-order valence-corrected chi connectivity index (χ1v) is 20.1. The lowest BCUT2D eigenvalue weighted by Crippen LogP contribution is -1.96. The maximum absolute atomic E-state index is 6.80. The normalized spacial score (nSPS) is 12.8. The Hall–Kier alpha value is -7.42. The summed E-state index contributed by atoms with van der Waals surface area (Å²) in [5, 5.41) is 8.30. The topological polar surface area (TPSA) is 26.3 Å². The second kappa shape index (κ2) is 13.1. The molecule has 0 spiro atoms. The third-order valence-corrected chi connectivity index (χ3v) is 12.1. The number of hydrogen-bond donors (Lipinski definition) is 0. The Balaban J connectivity index is 1.08. The highest BCUT2D eigenvalue weighted by atomic mass is 16.3. The quantitative estimate of drug-likeness (QED) is 0.176. The number of aryl methyl sites for hydroxylation is 1. The van der Waals surface area contributed by atoms with E-state index in [1.54, 1.807) is 0 Å². The van der Waals surface area contributed by atoms with E-state index < -0.39 is 0 Å². The molecule has 0 bridgehead atoms. The maximum Gasteiger partial charge on any atom is 0.136 e. The van der Waals surface area contributed by atoms with Gasteiger partial charge in [-0.1, -0.05) is 140 Å². The molecule has 58 heavy (non-hydrogen) atoms. The molecule has 1 aliphatic rings. The fourth-order valence-corrected chi connectivity index (χ4v) is 9.34. The van der Waals surface area contributed by atoms with Gasteiger partial charge in [-0.3, -0.25) is 0 Å². The summed E-state index contributed by atoms with van der Waals surface area (Å²) < 4.78 is 13.2. The molecule has 2 nitrogen and oxygen atoms in total. The molecule has 12 rings (SSSR count). The van der Waals surface area contributed by atoms with E-state index in [9.17, 15) is 0 Å². The van der Waals surface area contributed by atoms with Crippen molar-refractivity contribution in [3.05, 3.63) is 205 Å². The summed E-state index contributed by atoms with van der Waals surface area (Å²) in [6.07, 6.45) is 4.20. The standard InChI is InChI=1S/C56H36O2/c1-3-12-35(13-4-1)37-22-23-39-29-40(25-24-38(39)28-37)42-30-43(45-19-11-21-53-55(45)48-18-9-10-20-51(48)57-53)32-44(31-42)49-34-54-56(47-17-8-7-16-46(47)49)50-33-41(26-27-52(50)58-54)36-14-5-2-6-15-36/h1-25,28-34H,26-27H2. The van der Waals surface area contributed by atoms with Crippen LogP contribution in [0.25, 0.3) is 111 Å². The van der Waals surface area contributed by atoms with Crippen LogP contribution < -0.4 is 0 Å². The molecule has 0 N–H and O–H groups in total. The fraction of sp³-hybridized carbons (Fsp3) is 0.0357. The van der Waals surface area contributed by atoms with Crippen molar-refractivity contribution in [2.24, 2.45) is 0 Å². The van der Waals surface area contributed by atoms with Crippen molar-refractivity contribution in [3.8, 4) is 44.5 Å². The van der Waals surface area contributed by atoms with Crippen LogP contribution in [-0.4, -0.2) is 0 Å². The molecule has 2 heteroatoms. The monoisotopic (exact) mass is 740 g/mol. The summed E-state index contributed by atoms with van der Waals surface area (Å²) in [6.45, 7) is 0. The van der Waals surface area contributed by atoms with Gasteiger partial charge in [0.15, 0.2) is 0 Å². The molecule has 0 atom stereocenters. The van der Waals surface area contributed by atoms with Crippen molar-refractivity contribution < 1.29 is 8.83 Å². The average Bonchev–Trinajstić information content (AvgIpc) is 3.87. The van der Waals surface area contributed by atoms with Crippen LogP contribution in [0.15, 0.2) is 197 Å². The zero-order valence-corrected chi connectivity index (χ0v) is 31.7. The van der Waals surface area contributed by atoms with Crippen molar-refractivity contribution in [1.29, 1.82) is 0 Å². The van der Waals surface area contributed by atoms with E-state index >= 15 is 0 Å².